The van der Waals surface area contributed by atoms with Gasteiger partial charge in [0.05, 0.1) is 12.5 Å². The number of hydrogen-bond donors (Lipinski definition) is 1. The van der Waals surface area contributed by atoms with Crippen molar-refractivity contribution in [2.24, 2.45) is 5.92 Å². The van der Waals surface area contributed by atoms with Gasteiger partial charge >= 0.3 is 5.97 Å². The molecule has 0 aromatic heterocycles. The van der Waals surface area contributed by atoms with Gasteiger partial charge in [0.2, 0.25) is 5.91 Å². The lowest BCUT2D eigenvalue weighted by atomic mass is 9.95. The highest BCUT2D eigenvalue weighted by Gasteiger charge is 2.36. The molecule has 5 nitrogen and oxygen atoms in total. The van der Waals surface area contributed by atoms with Gasteiger partial charge in [0.25, 0.3) is 0 Å². The number of ether oxygens (including phenoxy) is 1. The van der Waals surface area contributed by atoms with E-state index in [-0.39, 0.29) is 23.8 Å². The van der Waals surface area contributed by atoms with E-state index in [1.807, 2.05) is 30.3 Å². The fourth-order valence-corrected chi connectivity index (χ4v) is 3.09. The number of cyclic esters (lactones) is 1. The predicted molar refractivity (Wildman–Crippen MR) is 78.7 cm³/mol. The van der Waals surface area contributed by atoms with Crippen molar-refractivity contribution < 1.29 is 14.3 Å². The van der Waals surface area contributed by atoms with Gasteiger partial charge < -0.3 is 10.1 Å². The minimum atomic E-state index is -0.155. The van der Waals surface area contributed by atoms with Crippen LogP contribution in [0.4, 0.5) is 5.69 Å². The van der Waals surface area contributed by atoms with Crippen molar-refractivity contribution >= 4 is 17.6 Å². The lowest BCUT2D eigenvalue weighted by Gasteiger charge is -2.34. The first kappa shape index (κ1) is 14.1. The zero-order valence-electron chi connectivity index (χ0n) is 12.0. The highest BCUT2D eigenvalue weighted by molar-refractivity contribution is 5.92. The average molecular weight is 288 g/mol. The Bertz CT molecular complexity index is 518. The van der Waals surface area contributed by atoms with Gasteiger partial charge in [0, 0.05) is 18.7 Å². The minimum absolute atomic E-state index is 0.0391. The van der Waals surface area contributed by atoms with E-state index < -0.39 is 0 Å². The zero-order chi connectivity index (χ0) is 14.7. The molecule has 0 bridgehead atoms. The van der Waals surface area contributed by atoms with Crippen molar-refractivity contribution in [1.29, 1.82) is 0 Å². The molecule has 0 aliphatic carbocycles. The second kappa shape index (κ2) is 6.26. The molecule has 0 saturated carbocycles. The molecule has 5 heteroatoms. The molecule has 2 saturated heterocycles. The zero-order valence-corrected chi connectivity index (χ0v) is 12.0. The van der Waals surface area contributed by atoms with Crippen LogP contribution in [0.15, 0.2) is 30.3 Å². The molecule has 1 aromatic carbocycles. The Balaban J connectivity index is 1.60. The minimum Gasteiger partial charge on any atom is -0.464 e. The summed E-state index contributed by atoms with van der Waals surface area (Å²) in [7, 11) is 0. The SMILES string of the molecule is O=C(Nc1ccccc1)[C@@H]1CCCN([C@H]2CCOC2=O)C1. The van der Waals surface area contributed by atoms with Crippen molar-refractivity contribution in [2.75, 3.05) is 25.0 Å². The number of nitrogens with one attached hydrogen (secondary N) is 1. The normalized spacial score (nSPS) is 26.4. The molecule has 1 amide bonds. The smallest absolute Gasteiger partial charge is 0.323 e. The van der Waals surface area contributed by atoms with E-state index in [1.165, 1.54) is 0 Å². The first-order chi connectivity index (χ1) is 10.2. The lowest BCUT2D eigenvalue weighted by Crippen LogP contribution is -2.47. The largest absolute Gasteiger partial charge is 0.464 e. The van der Waals surface area contributed by atoms with E-state index >= 15 is 0 Å². The number of nitrogens with zero attached hydrogens (tertiary/aromatic N) is 1. The highest BCUT2D eigenvalue weighted by atomic mass is 16.5. The van der Waals surface area contributed by atoms with Crippen LogP contribution in [-0.2, 0) is 14.3 Å². The van der Waals surface area contributed by atoms with Crippen molar-refractivity contribution in [3.05, 3.63) is 30.3 Å². The third-order valence-electron chi connectivity index (χ3n) is 4.21. The van der Waals surface area contributed by atoms with Gasteiger partial charge in [0.15, 0.2) is 0 Å². The molecule has 2 aliphatic rings. The van der Waals surface area contributed by atoms with Crippen molar-refractivity contribution in [1.82, 2.24) is 4.90 Å². The summed E-state index contributed by atoms with van der Waals surface area (Å²) in [6.07, 6.45) is 2.56. The van der Waals surface area contributed by atoms with E-state index in [1.54, 1.807) is 0 Å². The first-order valence-electron chi connectivity index (χ1n) is 7.50. The van der Waals surface area contributed by atoms with Crippen LogP contribution >= 0.6 is 0 Å². The molecule has 2 atom stereocenters. The van der Waals surface area contributed by atoms with Gasteiger partial charge in [-0.2, -0.15) is 0 Å². The van der Waals surface area contributed by atoms with E-state index in [2.05, 4.69) is 10.2 Å². The van der Waals surface area contributed by atoms with Crippen LogP contribution in [-0.4, -0.2) is 42.5 Å². The summed E-state index contributed by atoms with van der Waals surface area (Å²) >= 11 is 0. The number of anilines is 1. The fraction of sp³-hybridized carbons (Fsp3) is 0.500. The summed E-state index contributed by atoms with van der Waals surface area (Å²) < 4.78 is 5.03. The summed E-state index contributed by atoms with van der Waals surface area (Å²) in [6.45, 7) is 2.01. The second-order valence-corrected chi connectivity index (χ2v) is 5.66. The van der Waals surface area contributed by atoms with Crippen LogP contribution in [0.25, 0.3) is 0 Å². The van der Waals surface area contributed by atoms with Gasteiger partial charge in [-0.15, -0.1) is 0 Å². The van der Waals surface area contributed by atoms with Crippen LogP contribution in [0.5, 0.6) is 0 Å². The fourth-order valence-electron chi connectivity index (χ4n) is 3.09. The number of likely N-dealkylation sites (tertiary alicyclic amines) is 1. The van der Waals surface area contributed by atoms with E-state index in [0.717, 1.165) is 31.5 Å². The van der Waals surface area contributed by atoms with E-state index in [9.17, 15) is 9.59 Å². The molecule has 1 aromatic rings. The molecule has 0 unspecified atom stereocenters. The maximum atomic E-state index is 12.4. The van der Waals surface area contributed by atoms with Gasteiger partial charge in [-0.25, -0.2) is 0 Å². The highest BCUT2D eigenvalue weighted by Crippen LogP contribution is 2.24. The number of rotatable bonds is 3. The van der Waals surface area contributed by atoms with Crippen molar-refractivity contribution in [3.8, 4) is 0 Å². The molecule has 112 valence electrons. The number of para-hydroxylation sites is 1. The Morgan fingerprint density at radius 1 is 1.24 bits per heavy atom. The first-order valence-corrected chi connectivity index (χ1v) is 7.50. The van der Waals surface area contributed by atoms with Gasteiger partial charge in [0.1, 0.15) is 6.04 Å². The lowest BCUT2D eigenvalue weighted by molar-refractivity contribution is -0.143. The second-order valence-electron chi connectivity index (χ2n) is 5.66. The average Bonchev–Trinajstić information content (AvgIpc) is 2.94. The standard InChI is InChI=1S/C16H20N2O3/c19-15(17-13-6-2-1-3-7-13)12-5-4-9-18(11-12)14-8-10-21-16(14)20/h1-3,6-7,12,14H,4-5,8-11H2,(H,17,19)/t12-,14+/m1/s1. The van der Waals surface area contributed by atoms with Crippen molar-refractivity contribution in [3.63, 3.8) is 0 Å². The monoisotopic (exact) mass is 288 g/mol. The molecule has 0 spiro atoms. The van der Waals surface area contributed by atoms with E-state index in [0.29, 0.717) is 13.2 Å². The number of benzene rings is 1. The summed E-state index contributed by atoms with van der Waals surface area (Å²) in [4.78, 5) is 26.1. The quantitative estimate of drug-likeness (QED) is 0.859. The Labute approximate surface area is 124 Å². The molecular formula is C16H20N2O3. The van der Waals surface area contributed by atoms with Crippen LogP contribution < -0.4 is 5.32 Å². The molecule has 21 heavy (non-hydrogen) atoms. The number of carbonyl (C=O) groups excluding carboxylic acids is 2. The Morgan fingerprint density at radius 3 is 2.76 bits per heavy atom. The Hall–Kier alpha value is -1.88. The van der Waals surface area contributed by atoms with Gasteiger partial charge in [-0.3, -0.25) is 14.5 Å². The number of amides is 1. The number of piperidine rings is 1. The molecule has 2 heterocycles. The molecule has 2 aliphatic heterocycles. The van der Waals surface area contributed by atoms with Crippen LogP contribution in [0.3, 0.4) is 0 Å². The van der Waals surface area contributed by atoms with E-state index in [4.69, 9.17) is 4.74 Å². The maximum Gasteiger partial charge on any atom is 0.323 e. The van der Waals surface area contributed by atoms with Crippen LogP contribution in [0, 0.1) is 5.92 Å². The van der Waals surface area contributed by atoms with Crippen LogP contribution in [0.2, 0.25) is 0 Å². The Morgan fingerprint density at radius 2 is 2.05 bits per heavy atom. The summed E-state index contributed by atoms with van der Waals surface area (Å²) in [5.41, 5.74) is 0.819. The van der Waals surface area contributed by atoms with Crippen LogP contribution in [0.1, 0.15) is 19.3 Å². The molecular weight excluding hydrogens is 268 g/mol. The summed E-state index contributed by atoms with van der Waals surface area (Å²) in [5, 5.41) is 2.95. The molecule has 2 fully saturated rings. The third kappa shape index (κ3) is 3.24. The summed E-state index contributed by atoms with van der Waals surface area (Å²) in [5.74, 6) is -0.163. The number of esters is 1. The molecule has 0 radical (unpaired) electrons. The summed E-state index contributed by atoms with van der Waals surface area (Å²) in [6, 6.07) is 9.33. The van der Waals surface area contributed by atoms with Gasteiger partial charge in [-0.05, 0) is 31.5 Å². The maximum absolute atomic E-state index is 12.4. The predicted octanol–water partition coefficient (Wildman–Crippen LogP) is 1.65. The third-order valence-corrected chi connectivity index (χ3v) is 4.21. The topological polar surface area (TPSA) is 58.6 Å². The molecule has 1 N–H and O–H groups in total. The molecule has 3 rings (SSSR count). The van der Waals surface area contributed by atoms with Crippen molar-refractivity contribution in [2.45, 2.75) is 25.3 Å². The Kier molecular flexibility index (Phi) is 4.20. The van der Waals surface area contributed by atoms with Gasteiger partial charge in [-0.1, -0.05) is 18.2 Å². The number of carbonyl (C=O) groups is 2. The number of hydrogen-bond acceptors (Lipinski definition) is 4.